The minimum Gasteiger partial charge on any atom is -0.246 e. The number of hydrogen-bond donors (Lipinski definition) is 0. The highest BCUT2D eigenvalue weighted by atomic mass is 32.1. The van der Waals surface area contributed by atoms with E-state index in [2.05, 4.69) is 166 Å². The lowest BCUT2D eigenvalue weighted by molar-refractivity contribution is 0.662. The van der Waals surface area contributed by atoms with Crippen LogP contribution in [0.5, 0.6) is 0 Å². The van der Waals surface area contributed by atoms with E-state index in [-0.39, 0.29) is 5.41 Å². The first-order valence-corrected chi connectivity index (χ1v) is 19.8. The minimum absolute atomic E-state index is 0.128. The van der Waals surface area contributed by atoms with Crippen molar-refractivity contribution < 1.29 is 0 Å². The van der Waals surface area contributed by atoms with E-state index in [1.54, 1.807) is 11.3 Å². The summed E-state index contributed by atoms with van der Waals surface area (Å²) in [7, 11) is 0. The van der Waals surface area contributed by atoms with Crippen molar-refractivity contribution in [1.29, 1.82) is 0 Å². The number of pyridine rings is 1. The Labute approximate surface area is 328 Å². The summed E-state index contributed by atoms with van der Waals surface area (Å²) in [5.74, 6) is 1.90. The van der Waals surface area contributed by atoms with Crippen LogP contribution in [0.15, 0.2) is 170 Å². The molecule has 1 aliphatic rings. The molecule has 0 radical (unpaired) electrons. The number of thiophene rings is 1. The van der Waals surface area contributed by atoms with Gasteiger partial charge in [-0.25, -0.2) is 19.9 Å². The molecule has 264 valence electrons. The zero-order valence-electron chi connectivity index (χ0n) is 30.9. The van der Waals surface area contributed by atoms with E-state index in [1.165, 1.54) is 53.4 Å². The molecule has 0 aliphatic heterocycles. The van der Waals surface area contributed by atoms with E-state index < -0.39 is 0 Å². The Bertz CT molecular complexity index is 3160. The quantitative estimate of drug-likeness (QED) is 0.177. The molecular weight excluding hydrogens is 701 g/mol. The van der Waals surface area contributed by atoms with Gasteiger partial charge in [0.15, 0.2) is 17.5 Å². The topological polar surface area (TPSA) is 51.6 Å². The summed E-state index contributed by atoms with van der Waals surface area (Å²) in [6.45, 7) is 4.67. The van der Waals surface area contributed by atoms with Crippen LogP contribution in [0.3, 0.4) is 0 Å². The van der Waals surface area contributed by atoms with E-state index in [0.717, 1.165) is 39.0 Å². The van der Waals surface area contributed by atoms with Crippen molar-refractivity contribution in [2.75, 3.05) is 0 Å². The highest BCUT2D eigenvalue weighted by molar-refractivity contribution is 7.26. The zero-order valence-corrected chi connectivity index (χ0v) is 31.7. The smallest absolute Gasteiger partial charge is 0.164 e. The molecule has 5 heteroatoms. The molecule has 0 amide bonds. The van der Waals surface area contributed by atoms with Crippen LogP contribution in [0.1, 0.15) is 25.0 Å². The van der Waals surface area contributed by atoms with Crippen molar-refractivity contribution in [1.82, 2.24) is 19.9 Å². The van der Waals surface area contributed by atoms with E-state index in [9.17, 15) is 0 Å². The van der Waals surface area contributed by atoms with Crippen LogP contribution in [-0.2, 0) is 5.41 Å². The molecule has 3 heterocycles. The molecule has 0 spiro atoms. The summed E-state index contributed by atoms with van der Waals surface area (Å²) in [6, 6.07) is 59.9. The maximum Gasteiger partial charge on any atom is 0.164 e. The molecule has 0 unspecified atom stereocenters. The van der Waals surface area contributed by atoms with Crippen molar-refractivity contribution in [3.63, 3.8) is 0 Å². The van der Waals surface area contributed by atoms with Crippen molar-refractivity contribution >= 4 is 42.4 Å². The van der Waals surface area contributed by atoms with Gasteiger partial charge in [0.2, 0.25) is 0 Å². The maximum atomic E-state index is 5.22. The van der Waals surface area contributed by atoms with Gasteiger partial charge >= 0.3 is 0 Å². The van der Waals surface area contributed by atoms with Gasteiger partial charge < -0.3 is 0 Å². The number of benzene rings is 7. The highest BCUT2D eigenvalue weighted by Gasteiger charge is 2.37. The second-order valence-electron chi connectivity index (χ2n) is 15.0. The van der Waals surface area contributed by atoms with Crippen molar-refractivity contribution in [2.45, 2.75) is 19.3 Å². The Morgan fingerprint density at radius 2 is 1.00 bits per heavy atom. The van der Waals surface area contributed by atoms with Crippen molar-refractivity contribution in [2.24, 2.45) is 0 Å². The third-order valence-electron chi connectivity index (χ3n) is 11.3. The first-order valence-electron chi connectivity index (χ1n) is 19.0. The first-order chi connectivity index (χ1) is 27.5. The van der Waals surface area contributed by atoms with Gasteiger partial charge in [0, 0.05) is 48.5 Å². The Morgan fingerprint density at radius 1 is 0.429 bits per heavy atom. The zero-order chi connectivity index (χ0) is 37.4. The minimum atomic E-state index is -0.128. The van der Waals surface area contributed by atoms with Gasteiger partial charge in [-0.1, -0.05) is 166 Å². The Morgan fingerprint density at radius 3 is 1.82 bits per heavy atom. The number of nitrogens with zero attached hydrogens (tertiary/aromatic N) is 4. The number of hydrogen-bond acceptors (Lipinski definition) is 5. The first kappa shape index (κ1) is 32.6. The van der Waals surface area contributed by atoms with Gasteiger partial charge in [-0.15, -0.1) is 11.3 Å². The molecule has 7 aromatic carbocycles. The molecule has 10 aromatic rings. The largest absolute Gasteiger partial charge is 0.246 e. The fourth-order valence-electron chi connectivity index (χ4n) is 8.67. The molecule has 0 N–H and O–H groups in total. The molecule has 3 aromatic heterocycles. The fraction of sp³-hybridized carbons (Fsp3) is 0.0588. The fourth-order valence-corrected chi connectivity index (χ4v) is 9.90. The highest BCUT2D eigenvalue weighted by Crippen LogP contribution is 2.52. The second-order valence-corrected chi connectivity index (χ2v) is 16.1. The monoisotopic (exact) mass is 734 g/mol. The third-order valence-corrected chi connectivity index (χ3v) is 12.5. The number of para-hydroxylation sites is 1. The SMILES string of the molecule is CC1(C)c2ccccc2-c2cccc(-c3cccc(-c4nc(-c5ccccc5)nc(-c5ccc(-c6nc7ccccc7c7c6sc6ccccc67)cc5)n4)c3)c21. The van der Waals surface area contributed by atoms with Gasteiger partial charge in [-0.3, -0.25) is 0 Å². The average Bonchev–Trinajstić information content (AvgIpc) is 3.77. The standard InChI is InChI=1S/C51H34N4S/c1-51(2)41-23-9-6-18-37(41)38-22-13-21-36(45(38)51)34-16-12-17-35(30-34)50-54-48(32-14-4-3-5-15-32)53-49(55-50)33-28-26-31(27-29-33)46-47-44(39-19-7-10-24-42(39)52-46)40-20-8-11-25-43(40)56-47/h3-30H,1-2H3. The summed E-state index contributed by atoms with van der Waals surface area (Å²) in [5.41, 5.74) is 13.4. The lowest BCUT2D eigenvalue weighted by Gasteiger charge is -2.24. The Kier molecular flexibility index (Phi) is 7.35. The van der Waals surface area contributed by atoms with Crippen molar-refractivity contribution in [3.05, 3.63) is 181 Å². The van der Waals surface area contributed by atoms with Crippen LogP contribution in [0.4, 0.5) is 0 Å². The van der Waals surface area contributed by atoms with E-state index in [4.69, 9.17) is 19.9 Å². The van der Waals surface area contributed by atoms with Gasteiger partial charge in [-0.2, -0.15) is 0 Å². The molecular formula is C51H34N4S. The van der Waals surface area contributed by atoms with Crippen molar-refractivity contribution in [3.8, 4) is 67.7 Å². The molecule has 56 heavy (non-hydrogen) atoms. The van der Waals surface area contributed by atoms with Crippen LogP contribution < -0.4 is 0 Å². The molecule has 0 saturated carbocycles. The summed E-state index contributed by atoms with van der Waals surface area (Å²) < 4.78 is 2.46. The van der Waals surface area contributed by atoms with Crippen LogP contribution in [0.2, 0.25) is 0 Å². The second kappa shape index (κ2) is 12.6. The van der Waals surface area contributed by atoms with Gasteiger partial charge in [0.1, 0.15) is 0 Å². The summed E-state index contributed by atoms with van der Waals surface area (Å²) >= 11 is 1.80. The van der Waals surface area contributed by atoms with Crippen LogP contribution in [0, 0.1) is 0 Å². The summed E-state index contributed by atoms with van der Waals surface area (Å²) in [4.78, 5) is 20.5. The normalized spacial score (nSPS) is 13.0. The van der Waals surface area contributed by atoms with Crippen LogP contribution in [0.25, 0.3) is 98.7 Å². The summed E-state index contributed by atoms with van der Waals surface area (Å²) in [6.07, 6.45) is 0. The van der Waals surface area contributed by atoms with Gasteiger partial charge in [0.25, 0.3) is 0 Å². The molecule has 1 aliphatic carbocycles. The van der Waals surface area contributed by atoms with E-state index in [0.29, 0.717) is 17.5 Å². The predicted octanol–water partition coefficient (Wildman–Crippen LogP) is 13.4. The number of rotatable bonds is 5. The Balaban J connectivity index is 1.03. The van der Waals surface area contributed by atoms with Gasteiger partial charge in [0.05, 0.1) is 15.9 Å². The Hall–Kier alpha value is -6.82. The molecule has 0 bridgehead atoms. The molecule has 11 rings (SSSR count). The summed E-state index contributed by atoms with van der Waals surface area (Å²) in [5, 5.41) is 3.71. The molecule has 0 fully saturated rings. The molecule has 0 saturated heterocycles. The van der Waals surface area contributed by atoms with Gasteiger partial charge in [-0.05, 0) is 51.6 Å². The lowest BCUT2D eigenvalue weighted by atomic mass is 9.79. The number of fused-ring (bicyclic) bond motifs is 8. The van der Waals surface area contributed by atoms with E-state index in [1.807, 2.05) is 18.2 Å². The number of aromatic nitrogens is 4. The molecule has 4 nitrogen and oxygen atoms in total. The van der Waals surface area contributed by atoms with Crippen LogP contribution >= 0.6 is 11.3 Å². The van der Waals surface area contributed by atoms with Crippen LogP contribution in [-0.4, -0.2) is 19.9 Å². The third kappa shape index (κ3) is 5.12. The maximum absolute atomic E-state index is 5.22. The molecule has 0 atom stereocenters. The van der Waals surface area contributed by atoms with E-state index >= 15 is 0 Å². The lowest BCUT2D eigenvalue weighted by Crippen LogP contribution is -2.16. The average molecular weight is 735 g/mol. The predicted molar refractivity (Wildman–Crippen MR) is 233 cm³/mol.